The van der Waals surface area contributed by atoms with E-state index in [2.05, 4.69) is 0 Å². The molecule has 0 radical (unpaired) electrons. The summed E-state index contributed by atoms with van der Waals surface area (Å²) in [5.41, 5.74) is 3.51. The Bertz CT molecular complexity index is 1280. The van der Waals surface area contributed by atoms with Crippen LogP contribution in [0.15, 0.2) is 53.4 Å². The van der Waals surface area contributed by atoms with E-state index in [1.807, 2.05) is 67.9 Å². The van der Waals surface area contributed by atoms with Gasteiger partial charge in [0.1, 0.15) is 6.61 Å². The molecule has 2 aromatic carbocycles. The number of thioether (sulfide) groups is 1. The number of halogens is 2. The van der Waals surface area contributed by atoms with Gasteiger partial charge in [-0.25, -0.2) is 0 Å². The topological polar surface area (TPSA) is 43.7 Å². The second-order valence-electron chi connectivity index (χ2n) is 7.59. The molecule has 1 aliphatic heterocycles. The first-order chi connectivity index (χ1) is 16.3. The van der Waals surface area contributed by atoms with Crippen LogP contribution in [0.3, 0.4) is 0 Å². The van der Waals surface area contributed by atoms with Crippen molar-refractivity contribution in [2.75, 3.05) is 11.6 Å². The van der Waals surface area contributed by atoms with Crippen LogP contribution in [0.4, 0.5) is 0 Å². The van der Waals surface area contributed by atoms with Crippen LogP contribution in [0.25, 0.3) is 6.08 Å². The lowest BCUT2D eigenvalue weighted by atomic mass is 10.1. The van der Waals surface area contributed by atoms with Gasteiger partial charge >= 0.3 is 0 Å². The largest absolute Gasteiger partial charge is 0.490 e. The number of aryl methyl sites for hydroxylation is 2. The molecule has 3 aromatic rings. The minimum atomic E-state index is -0.159. The number of thiocarbonyl (C=S) groups is 1. The Labute approximate surface area is 218 Å². The third-order valence-corrected chi connectivity index (χ3v) is 7.04. The summed E-state index contributed by atoms with van der Waals surface area (Å²) in [7, 11) is 0. The fourth-order valence-electron chi connectivity index (χ4n) is 3.56. The van der Waals surface area contributed by atoms with Crippen molar-refractivity contribution in [2.45, 2.75) is 27.4 Å². The molecule has 0 atom stereocenters. The highest BCUT2D eigenvalue weighted by molar-refractivity contribution is 8.27. The monoisotopic (exact) mass is 532 g/mol. The Balaban J connectivity index is 1.57. The molecule has 0 unspecified atom stereocenters. The van der Waals surface area contributed by atoms with Crippen LogP contribution >= 0.6 is 47.2 Å². The van der Waals surface area contributed by atoms with Crippen LogP contribution < -0.4 is 14.5 Å². The molecule has 9 heteroatoms. The lowest BCUT2D eigenvalue weighted by molar-refractivity contribution is -0.114. The fraction of sp³-hybridized carbons (Fsp3) is 0.200. The van der Waals surface area contributed by atoms with Gasteiger partial charge in [0.05, 0.1) is 11.5 Å². The van der Waals surface area contributed by atoms with E-state index in [0.717, 1.165) is 22.5 Å². The first-order valence-corrected chi connectivity index (χ1v) is 12.5. The van der Waals surface area contributed by atoms with Crippen molar-refractivity contribution in [3.05, 3.63) is 86.0 Å². The molecular weight excluding hydrogens is 511 g/mol. The van der Waals surface area contributed by atoms with Crippen molar-refractivity contribution >= 4 is 63.5 Å². The first-order valence-electron chi connectivity index (χ1n) is 10.5. The molecule has 0 saturated carbocycles. The zero-order valence-corrected chi connectivity index (χ0v) is 21.9. The Hall–Kier alpha value is -2.45. The normalized spacial score (nSPS) is 14.9. The van der Waals surface area contributed by atoms with Crippen LogP contribution in [-0.4, -0.2) is 21.5 Å². The number of aromatic nitrogens is 1. The van der Waals surface area contributed by atoms with Crippen molar-refractivity contribution in [3.8, 4) is 11.5 Å². The van der Waals surface area contributed by atoms with E-state index >= 15 is 0 Å². The molecule has 2 heterocycles. The summed E-state index contributed by atoms with van der Waals surface area (Å²) < 4.78 is 14.1. The summed E-state index contributed by atoms with van der Waals surface area (Å²) in [5, 5.41) is 2.64. The maximum Gasteiger partial charge on any atom is 0.285 e. The van der Waals surface area contributed by atoms with Crippen LogP contribution in [0.5, 0.6) is 11.5 Å². The summed E-state index contributed by atoms with van der Waals surface area (Å²) in [6, 6.07) is 14.7. The average molecular weight is 534 g/mol. The van der Waals surface area contributed by atoms with E-state index in [1.54, 1.807) is 12.1 Å². The molecular formula is C25H22Cl2N2O3S2. The fourth-order valence-corrected chi connectivity index (χ4v) is 5.26. The van der Waals surface area contributed by atoms with Crippen molar-refractivity contribution in [1.29, 1.82) is 0 Å². The van der Waals surface area contributed by atoms with E-state index in [-0.39, 0.29) is 12.5 Å². The zero-order chi connectivity index (χ0) is 24.4. The number of ether oxygens (including phenoxy) is 2. The van der Waals surface area contributed by atoms with Crippen molar-refractivity contribution < 1.29 is 14.3 Å². The van der Waals surface area contributed by atoms with Gasteiger partial charge in [-0.1, -0.05) is 47.1 Å². The number of carbonyl (C=O) groups excluding carboxylic acids is 1. The van der Waals surface area contributed by atoms with Crippen molar-refractivity contribution in [2.24, 2.45) is 0 Å². The maximum absolute atomic E-state index is 13.2. The summed E-state index contributed by atoms with van der Waals surface area (Å²) in [4.78, 5) is 13.7. The lowest BCUT2D eigenvalue weighted by Gasteiger charge is -2.20. The number of amides is 1. The number of benzene rings is 2. The highest BCUT2D eigenvalue weighted by Gasteiger charge is 2.34. The second kappa shape index (κ2) is 10.4. The van der Waals surface area contributed by atoms with E-state index in [9.17, 15) is 4.79 Å². The van der Waals surface area contributed by atoms with Gasteiger partial charge in [-0.3, -0.25) is 9.47 Å². The minimum absolute atomic E-state index is 0.159. The quantitative estimate of drug-likeness (QED) is 0.244. The summed E-state index contributed by atoms with van der Waals surface area (Å²) in [5.74, 6) is 0.998. The maximum atomic E-state index is 13.2. The molecule has 1 aliphatic rings. The van der Waals surface area contributed by atoms with Gasteiger partial charge in [0.15, 0.2) is 15.8 Å². The van der Waals surface area contributed by atoms with Crippen LogP contribution in [-0.2, 0) is 11.4 Å². The zero-order valence-electron chi connectivity index (χ0n) is 18.8. The standard InChI is InChI=1S/C25H22Cl2N2O3S2/c1-4-31-22-11-17(7-10-21(22)32-14-18-8-9-19(26)13-20(18)27)12-23-24(30)29(25(33)34-23)28-15(2)5-6-16(28)3/h5-13H,4,14H2,1-3H3/b23-12+. The molecule has 0 aliphatic carbocycles. The van der Waals surface area contributed by atoms with Gasteiger partial charge in [-0.2, -0.15) is 5.01 Å². The predicted octanol–water partition coefficient (Wildman–Crippen LogP) is 6.93. The van der Waals surface area contributed by atoms with E-state index < -0.39 is 0 Å². The highest BCUT2D eigenvalue weighted by Crippen LogP contribution is 2.35. The number of rotatable bonds is 7. The highest BCUT2D eigenvalue weighted by atomic mass is 35.5. The third kappa shape index (κ3) is 5.13. The van der Waals surface area contributed by atoms with Crippen LogP contribution in [0, 0.1) is 13.8 Å². The van der Waals surface area contributed by atoms with Crippen molar-refractivity contribution in [1.82, 2.24) is 4.68 Å². The average Bonchev–Trinajstić information content (AvgIpc) is 3.25. The lowest BCUT2D eigenvalue weighted by Crippen LogP contribution is -2.39. The Kier molecular flexibility index (Phi) is 7.57. The van der Waals surface area contributed by atoms with E-state index in [1.165, 1.54) is 16.8 Å². The third-order valence-electron chi connectivity index (χ3n) is 5.17. The Morgan fingerprint density at radius 1 is 1.00 bits per heavy atom. The van der Waals surface area contributed by atoms with Crippen LogP contribution in [0.1, 0.15) is 29.4 Å². The minimum Gasteiger partial charge on any atom is -0.490 e. The van der Waals surface area contributed by atoms with Gasteiger partial charge < -0.3 is 9.47 Å². The molecule has 1 amide bonds. The summed E-state index contributed by atoms with van der Waals surface area (Å²) >= 11 is 19.0. The molecule has 1 saturated heterocycles. The number of hydrogen-bond donors (Lipinski definition) is 0. The Morgan fingerprint density at radius 2 is 1.74 bits per heavy atom. The second-order valence-corrected chi connectivity index (χ2v) is 10.1. The van der Waals surface area contributed by atoms with Gasteiger partial charge in [0.25, 0.3) is 5.91 Å². The van der Waals surface area contributed by atoms with E-state index in [4.69, 9.17) is 44.9 Å². The SMILES string of the molecule is CCOc1cc(/C=C2/SC(=S)N(n3c(C)ccc3C)C2=O)ccc1OCc1ccc(Cl)cc1Cl. The molecule has 176 valence electrons. The van der Waals surface area contributed by atoms with Crippen molar-refractivity contribution in [3.63, 3.8) is 0 Å². The Morgan fingerprint density at radius 3 is 2.41 bits per heavy atom. The molecule has 0 spiro atoms. The van der Waals surface area contributed by atoms with Gasteiger partial charge in [-0.05, 0) is 81.0 Å². The number of carbonyl (C=O) groups is 1. The molecule has 0 bridgehead atoms. The van der Waals surface area contributed by atoms with E-state index in [0.29, 0.717) is 37.4 Å². The molecule has 4 rings (SSSR count). The van der Waals surface area contributed by atoms with Crippen LogP contribution in [0.2, 0.25) is 10.0 Å². The smallest absolute Gasteiger partial charge is 0.285 e. The molecule has 34 heavy (non-hydrogen) atoms. The molecule has 0 N–H and O–H groups in total. The predicted molar refractivity (Wildman–Crippen MR) is 144 cm³/mol. The summed E-state index contributed by atoms with van der Waals surface area (Å²) in [6.07, 6.45) is 1.82. The molecule has 1 fully saturated rings. The first kappa shape index (κ1) is 24.7. The molecule has 1 aromatic heterocycles. The van der Waals surface area contributed by atoms with Gasteiger partial charge in [0.2, 0.25) is 0 Å². The summed E-state index contributed by atoms with van der Waals surface area (Å²) in [6.45, 7) is 6.53. The number of nitrogens with zero attached hydrogens (tertiary/aromatic N) is 2. The van der Waals surface area contributed by atoms with Gasteiger partial charge in [0, 0.05) is 27.0 Å². The molecule has 5 nitrogen and oxygen atoms in total. The number of hydrogen-bond acceptors (Lipinski definition) is 5. The van der Waals surface area contributed by atoms with Gasteiger partial charge in [-0.15, -0.1) is 0 Å².